The van der Waals surface area contributed by atoms with Crippen molar-refractivity contribution in [2.24, 2.45) is 0 Å². The molecule has 0 aliphatic rings. The maximum atomic E-state index is 11.9. The zero-order valence-corrected chi connectivity index (χ0v) is 9.08. The van der Waals surface area contributed by atoms with E-state index in [2.05, 4.69) is 9.69 Å². The Labute approximate surface area is 85.2 Å². The number of anilines is 2. The van der Waals surface area contributed by atoms with Crippen LogP contribution < -0.4 is 11.1 Å². The molecule has 0 amide bonds. The number of alkyl halides is 1. The monoisotopic (exact) mass is 239 g/mol. The molecule has 0 radical (unpaired) electrons. The molecule has 0 bridgehead atoms. The van der Waals surface area contributed by atoms with Gasteiger partial charge >= 0.3 is 0 Å². The van der Waals surface area contributed by atoms with E-state index in [4.69, 9.17) is 5.73 Å². The number of rotatable bonds is 4. The van der Waals surface area contributed by atoms with Gasteiger partial charge in [-0.1, -0.05) is 0 Å². The first kappa shape index (κ1) is 11.2. The molecule has 3 N–H and O–H groups in total. The van der Waals surface area contributed by atoms with E-state index in [1.165, 1.54) is 0 Å². The first-order chi connectivity index (χ1) is 6.46. The lowest BCUT2D eigenvalue weighted by atomic mass is 10.6. The smallest absolute Gasteiger partial charge is 0.182 e. The molecular formula is C6H10FN3O2S2. The van der Waals surface area contributed by atoms with Crippen molar-refractivity contribution in [2.45, 2.75) is 4.90 Å². The summed E-state index contributed by atoms with van der Waals surface area (Å²) in [5.74, 6) is -0.0427. The second-order valence-corrected chi connectivity index (χ2v) is 5.34. The van der Waals surface area contributed by atoms with E-state index in [-0.39, 0.29) is 17.3 Å². The van der Waals surface area contributed by atoms with Crippen molar-refractivity contribution in [3.63, 3.8) is 0 Å². The van der Waals surface area contributed by atoms with E-state index in [1.807, 2.05) is 0 Å². The topological polar surface area (TPSA) is 85.1 Å². The predicted octanol–water partition coefficient (Wildman–Crippen LogP) is 0.510. The molecule has 0 aliphatic heterocycles. The molecule has 1 aromatic heterocycles. The SMILES string of the molecule is CS(=O)(=O)c1c(N)nsc1NCCF. The van der Waals surface area contributed by atoms with E-state index in [0.29, 0.717) is 5.00 Å². The molecular weight excluding hydrogens is 229 g/mol. The second-order valence-electron chi connectivity index (χ2n) is 2.61. The summed E-state index contributed by atoms with van der Waals surface area (Å²) in [6.07, 6.45) is 1.04. The maximum absolute atomic E-state index is 11.9. The number of sulfone groups is 1. The number of nitrogens with two attached hydrogens (primary N) is 1. The summed E-state index contributed by atoms with van der Waals surface area (Å²) >= 11 is 0.911. The van der Waals surface area contributed by atoms with Crippen LogP contribution in [-0.2, 0) is 9.84 Å². The minimum atomic E-state index is -3.41. The predicted molar refractivity (Wildman–Crippen MR) is 54.1 cm³/mol. The number of nitrogens with one attached hydrogen (secondary N) is 1. The largest absolute Gasteiger partial charge is 0.382 e. The molecule has 80 valence electrons. The molecule has 0 fully saturated rings. The zero-order valence-electron chi connectivity index (χ0n) is 7.45. The first-order valence-corrected chi connectivity index (χ1v) is 6.38. The Bertz CT molecular complexity index is 415. The fourth-order valence-corrected chi connectivity index (χ4v) is 3.02. The van der Waals surface area contributed by atoms with Gasteiger partial charge in [-0.2, -0.15) is 4.37 Å². The molecule has 1 aromatic rings. The van der Waals surface area contributed by atoms with Gasteiger partial charge in [0.2, 0.25) is 0 Å². The summed E-state index contributed by atoms with van der Waals surface area (Å²) in [6, 6.07) is 0. The quantitative estimate of drug-likeness (QED) is 0.799. The highest BCUT2D eigenvalue weighted by atomic mass is 32.2. The van der Waals surface area contributed by atoms with Gasteiger partial charge in [0.25, 0.3) is 0 Å². The fraction of sp³-hybridized carbons (Fsp3) is 0.500. The number of hydrogen-bond donors (Lipinski definition) is 2. The standard InChI is InChI=1S/C6H10FN3O2S2/c1-14(11,12)4-5(8)10-13-6(4)9-3-2-7/h9H,2-3H2,1H3,(H2,8,10). The lowest BCUT2D eigenvalue weighted by molar-refractivity contribution is 0.512. The Morgan fingerprint density at radius 3 is 2.79 bits per heavy atom. The van der Waals surface area contributed by atoms with Gasteiger partial charge in [-0.3, -0.25) is 0 Å². The minimum Gasteiger partial charge on any atom is -0.382 e. The molecule has 5 nitrogen and oxygen atoms in total. The van der Waals surface area contributed by atoms with Gasteiger partial charge in [0.1, 0.15) is 16.6 Å². The molecule has 0 atom stereocenters. The van der Waals surface area contributed by atoms with Gasteiger partial charge < -0.3 is 11.1 Å². The molecule has 0 aliphatic carbocycles. The van der Waals surface area contributed by atoms with Crippen molar-refractivity contribution in [1.82, 2.24) is 4.37 Å². The van der Waals surface area contributed by atoms with Crippen LogP contribution in [0.2, 0.25) is 0 Å². The lowest BCUT2D eigenvalue weighted by Gasteiger charge is -2.02. The number of nitrogens with zero attached hydrogens (tertiary/aromatic N) is 1. The number of halogens is 1. The third-order valence-corrected chi connectivity index (χ3v) is 3.53. The summed E-state index contributed by atoms with van der Waals surface area (Å²) in [5, 5.41) is 2.91. The van der Waals surface area contributed by atoms with Crippen molar-refractivity contribution >= 4 is 32.2 Å². The summed E-state index contributed by atoms with van der Waals surface area (Å²) in [5.41, 5.74) is 5.39. The fourth-order valence-electron chi connectivity index (χ4n) is 0.926. The van der Waals surface area contributed by atoms with Crippen LogP contribution in [0.4, 0.5) is 15.2 Å². The molecule has 1 rings (SSSR count). The first-order valence-electron chi connectivity index (χ1n) is 3.72. The van der Waals surface area contributed by atoms with E-state index in [1.54, 1.807) is 0 Å². The van der Waals surface area contributed by atoms with Gasteiger partial charge in [-0.15, -0.1) is 0 Å². The number of hydrogen-bond acceptors (Lipinski definition) is 6. The van der Waals surface area contributed by atoms with Gasteiger partial charge in [0.05, 0.1) is 0 Å². The Balaban J connectivity index is 3.07. The molecule has 1 heterocycles. The van der Waals surface area contributed by atoms with Gasteiger partial charge in [-0.25, -0.2) is 12.8 Å². The van der Waals surface area contributed by atoms with E-state index < -0.39 is 16.5 Å². The van der Waals surface area contributed by atoms with Crippen LogP contribution in [-0.4, -0.2) is 32.3 Å². The average molecular weight is 239 g/mol. The summed E-state index contributed by atoms with van der Waals surface area (Å²) < 4.78 is 38.0. The Hall–Kier alpha value is -0.890. The van der Waals surface area contributed by atoms with Crippen LogP contribution in [0.3, 0.4) is 0 Å². The third kappa shape index (κ3) is 2.32. The van der Waals surface area contributed by atoms with Crippen molar-refractivity contribution < 1.29 is 12.8 Å². The summed E-state index contributed by atoms with van der Waals surface area (Å²) in [6.45, 7) is -0.537. The van der Waals surface area contributed by atoms with Gasteiger partial charge in [0, 0.05) is 12.8 Å². The highest BCUT2D eigenvalue weighted by Crippen LogP contribution is 2.30. The van der Waals surface area contributed by atoms with Crippen LogP contribution in [0.15, 0.2) is 4.90 Å². The molecule has 14 heavy (non-hydrogen) atoms. The third-order valence-electron chi connectivity index (χ3n) is 1.42. The van der Waals surface area contributed by atoms with Crippen molar-refractivity contribution in [2.75, 3.05) is 30.5 Å². The summed E-state index contributed by atoms with van der Waals surface area (Å²) in [7, 11) is -3.41. The Morgan fingerprint density at radius 1 is 1.64 bits per heavy atom. The van der Waals surface area contributed by atoms with E-state index in [0.717, 1.165) is 17.8 Å². The Kier molecular flexibility index (Phi) is 3.27. The van der Waals surface area contributed by atoms with Gasteiger partial charge in [-0.05, 0) is 11.5 Å². The van der Waals surface area contributed by atoms with Crippen LogP contribution in [0.5, 0.6) is 0 Å². The lowest BCUT2D eigenvalue weighted by Crippen LogP contribution is -2.07. The van der Waals surface area contributed by atoms with Gasteiger partial charge in [0.15, 0.2) is 15.7 Å². The van der Waals surface area contributed by atoms with Crippen molar-refractivity contribution in [3.8, 4) is 0 Å². The van der Waals surface area contributed by atoms with Crippen LogP contribution in [0.1, 0.15) is 0 Å². The summed E-state index contributed by atoms with van der Waals surface area (Å²) in [4.78, 5) is -0.0454. The highest BCUT2D eigenvalue weighted by Gasteiger charge is 2.20. The minimum absolute atomic E-state index is 0.0427. The molecule has 0 spiro atoms. The molecule has 8 heteroatoms. The highest BCUT2D eigenvalue weighted by molar-refractivity contribution is 7.91. The molecule has 0 saturated heterocycles. The van der Waals surface area contributed by atoms with Crippen LogP contribution in [0, 0.1) is 0 Å². The van der Waals surface area contributed by atoms with Crippen molar-refractivity contribution in [1.29, 1.82) is 0 Å². The molecule has 0 unspecified atom stereocenters. The number of nitrogen functional groups attached to an aromatic ring is 1. The second kappa shape index (κ2) is 4.09. The maximum Gasteiger partial charge on any atom is 0.182 e. The molecule has 0 aromatic carbocycles. The number of aromatic nitrogens is 1. The molecule has 0 saturated carbocycles. The van der Waals surface area contributed by atoms with E-state index in [9.17, 15) is 12.8 Å². The normalized spacial score (nSPS) is 11.6. The Morgan fingerprint density at radius 2 is 2.29 bits per heavy atom. The van der Waals surface area contributed by atoms with Crippen LogP contribution in [0.25, 0.3) is 0 Å². The average Bonchev–Trinajstić information content (AvgIpc) is 2.42. The zero-order chi connectivity index (χ0) is 10.8. The van der Waals surface area contributed by atoms with Crippen LogP contribution >= 0.6 is 11.5 Å². The van der Waals surface area contributed by atoms with Crippen molar-refractivity contribution in [3.05, 3.63) is 0 Å². The van der Waals surface area contributed by atoms with E-state index >= 15 is 0 Å².